The monoisotopic (exact) mass is 348 g/mol. The number of hydrogen-bond acceptors (Lipinski definition) is 2. The standard InChI is InChI=1S/C18H18Cl2N2O/c19-15-3-8(4-16(20)17(15)21)18(23)22-6-13-9-1-2-10(14(13)7-22)12-5-11(9)12/h1-4,9-14H,5-7,21H2/t9-,10+,11+,12-,13-,14?/m0/s1. The molecule has 1 aromatic rings. The molecule has 1 aromatic carbocycles. The molecule has 1 aliphatic heterocycles. The first kappa shape index (κ1) is 14.2. The molecule has 1 saturated heterocycles. The van der Waals surface area contributed by atoms with Crippen LogP contribution in [0.3, 0.4) is 0 Å². The lowest BCUT2D eigenvalue weighted by Gasteiger charge is -2.40. The number of allylic oxidation sites excluding steroid dienone is 2. The van der Waals surface area contributed by atoms with Gasteiger partial charge in [-0.3, -0.25) is 4.79 Å². The summed E-state index contributed by atoms with van der Waals surface area (Å²) in [6.07, 6.45) is 6.24. The van der Waals surface area contributed by atoms with Gasteiger partial charge in [0.05, 0.1) is 15.7 Å². The molecule has 1 heterocycles. The maximum Gasteiger partial charge on any atom is 0.253 e. The van der Waals surface area contributed by atoms with E-state index in [0.717, 1.165) is 24.9 Å². The van der Waals surface area contributed by atoms with Crippen LogP contribution in [-0.4, -0.2) is 23.9 Å². The van der Waals surface area contributed by atoms with E-state index >= 15 is 0 Å². The summed E-state index contributed by atoms with van der Waals surface area (Å²) in [5.74, 6) is 4.45. The van der Waals surface area contributed by atoms with E-state index < -0.39 is 0 Å². The number of nitrogens with two attached hydrogens (primary N) is 1. The molecule has 0 radical (unpaired) electrons. The van der Waals surface area contributed by atoms with Crippen molar-refractivity contribution in [1.82, 2.24) is 4.90 Å². The van der Waals surface area contributed by atoms with Gasteiger partial charge in [-0.25, -0.2) is 0 Å². The van der Waals surface area contributed by atoms with Crippen LogP contribution in [0, 0.1) is 35.5 Å². The van der Waals surface area contributed by atoms with Crippen molar-refractivity contribution in [3.63, 3.8) is 0 Å². The molecule has 6 atom stereocenters. The van der Waals surface area contributed by atoms with Crippen molar-refractivity contribution < 1.29 is 4.79 Å². The number of rotatable bonds is 1. The average molecular weight is 349 g/mol. The number of hydrogen-bond donors (Lipinski definition) is 1. The van der Waals surface area contributed by atoms with Gasteiger partial charge in [-0.1, -0.05) is 35.4 Å². The van der Waals surface area contributed by atoms with Crippen molar-refractivity contribution in [2.45, 2.75) is 6.42 Å². The Balaban J connectivity index is 1.41. The Bertz CT molecular complexity index is 698. The molecule has 5 heteroatoms. The van der Waals surface area contributed by atoms with Crippen LogP contribution in [0.15, 0.2) is 24.3 Å². The smallest absolute Gasteiger partial charge is 0.253 e. The van der Waals surface area contributed by atoms with Gasteiger partial charge in [-0.05, 0) is 54.1 Å². The fraction of sp³-hybridized carbons (Fsp3) is 0.500. The normalized spacial score (nSPS) is 39.3. The number of halogens is 2. The molecule has 3 fully saturated rings. The summed E-state index contributed by atoms with van der Waals surface area (Å²) in [6, 6.07) is 3.27. The Morgan fingerprint density at radius 2 is 1.52 bits per heavy atom. The molecule has 1 amide bonds. The maximum absolute atomic E-state index is 12.9. The minimum Gasteiger partial charge on any atom is -0.396 e. The van der Waals surface area contributed by atoms with Crippen molar-refractivity contribution in [3.05, 3.63) is 39.9 Å². The van der Waals surface area contributed by atoms with Crippen LogP contribution in [0.1, 0.15) is 16.8 Å². The van der Waals surface area contributed by atoms with Gasteiger partial charge in [0, 0.05) is 18.7 Å². The third-order valence-corrected chi connectivity index (χ3v) is 7.08. The summed E-state index contributed by atoms with van der Waals surface area (Å²) in [5, 5.41) is 0.695. The van der Waals surface area contributed by atoms with E-state index in [1.165, 1.54) is 6.42 Å². The van der Waals surface area contributed by atoms with Crippen LogP contribution in [0.4, 0.5) is 5.69 Å². The van der Waals surface area contributed by atoms with Gasteiger partial charge in [0.15, 0.2) is 0 Å². The van der Waals surface area contributed by atoms with E-state index in [9.17, 15) is 4.79 Å². The van der Waals surface area contributed by atoms with Crippen molar-refractivity contribution in [3.8, 4) is 0 Å². The summed E-state index contributed by atoms with van der Waals surface area (Å²) >= 11 is 12.2. The van der Waals surface area contributed by atoms with Gasteiger partial charge in [0.2, 0.25) is 0 Å². The van der Waals surface area contributed by atoms with Gasteiger partial charge in [-0.15, -0.1) is 0 Å². The first-order chi connectivity index (χ1) is 11.0. The summed E-state index contributed by atoms with van der Waals surface area (Å²) in [7, 11) is 0. The molecule has 4 aliphatic carbocycles. The van der Waals surface area contributed by atoms with Crippen molar-refractivity contribution in [2.24, 2.45) is 35.5 Å². The third kappa shape index (κ3) is 1.93. The molecule has 2 saturated carbocycles. The predicted molar refractivity (Wildman–Crippen MR) is 91.5 cm³/mol. The highest BCUT2D eigenvalue weighted by Gasteiger charge is 2.61. The SMILES string of the molecule is Nc1c(Cl)cc(C(=O)N2CC3[C@@H](C2)[C@H]2C=C[C@@H]3[C@@H]3C[C@H]23)cc1Cl. The van der Waals surface area contributed by atoms with E-state index in [0.29, 0.717) is 45.0 Å². The highest BCUT2D eigenvalue weighted by Crippen LogP contribution is 2.64. The van der Waals surface area contributed by atoms with E-state index in [4.69, 9.17) is 28.9 Å². The summed E-state index contributed by atoms with van der Waals surface area (Å²) in [6.45, 7) is 1.72. The number of nitrogen functional groups attached to an aromatic ring is 1. The fourth-order valence-corrected chi connectivity index (χ4v) is 5.80. The van der Waals surface area contributed by atoms with Crippen LogP contribution >= 0.6 is 23.2 Å². The van der Waals surface area contributed by atoms with Crippen molar-refractivity contribution in [2.75, 3.05) is 18.8 Å². The molecule has 3 nitrogen and oxygen atoms in total. The molecule has 23 heavy (non-hydrogen) atoms. The highest BCUT2D eigenvalue weighted by atomic mass is 35.5. The molecule has 120 valence electrons. The zero-order valence-electron chi connectivity index (χ0n) is 12.6. The number of carbonyl (C=O) groups is 1. The lowest BCUT2D eigenvalue weighted by molar-refractivity contribution is 0.0781. The highest BCUT2D eigenvalue weighted by molar-refractivity contribution is 6.39. The number of anilines is 1. The second-order valence-electron chi connectivity index (χ2n) is 7.49. The number of nitrogens with zero attached hydrogens (tertiary/aromatic N) is 1. The van der Waals surface area contributed by atoms with E-state index in [1.54, 1.807) is 12.1 Å². The first-order valence-electron chi connectivity index (χ1n) is 8.26. The molecule has 5 aliphatic rings. The zero-order valence-corrected chi connectivity index (χ0v) is 14.1. The summed E-state index contributed by atoms with van der Waals surface area (Å²) in [4.78, 5) is 14.9. The Morgan fingerprint density at radius 3 is 2.04 bits per heavy atom. The minimum atomic E-state index is 0.0243. The number of benzene rings is 1. The lowest BCUT2D eigenvalue weighted by atomic mass is 9.64. The van der Waals surface area contributed by atoms with E-state index in [1.807, 2.05) is 4.90 Å². The lowest BCUT2D eigenvalue weighted by Crippen LogP contribution is -2.37. The van der Waals surface area contributed by atoms with Crippen LogP contribution in [0.5, 0.6) is 0 Å². The Hall–Kier alpha value is -1.19. The van der Waals surface area contributed by atoms with Crippen LogP contribution in [0.25, 0.3) is 0 Å². The fourth-order valence-electron chi connectivity index (χ4n) is 5.31. The largest absolute Gasteiger partial charge is 0.396 e. The Morgan fingerprint density at radius 1 is 1.00 bits per heavy atom. The van der Waals surface area contributed by atoms with Crippen LogP contribution < -0.4 is 5.73 Å². The second kappa shape index (κ2) is 4.67. The molecule has 2 N–H and O–H groups in total. The Labute approximate surface area is 145 Å². The molecule has 0 spiro atoms. The number of amides is 1. The van der Waals surface area contributed by atoms with Gasteiger partial charge in [-0.2, -0.15) is 0 Å². The third-order valence-electron chi connectivity index (χ3n) is 6.45. The Kier molecular flexibility index (Phi) is 2.88. The number of likely N-dealkylation sites (tertiary alicyclic amines) is 1. The first-order valence-corrected chi connectivity index (χ1v) is 9.02. The molecule has 1 unspecified atom stereocenters. The average Bonchev–Trinajstić information content (AvgIpc) is 3.23. The van der Waals surface area contributed by atoms with Crippen LogP contribution in [0.2, 0.25) is 10.0 Å². The molecule has 6 rings (SSSR count). The molecular weight excluding hydrogens is 331 g/mol. The molecule has 0 aromatic heterocycles. The van der Waals surface area contributed by atoms with Gasteiger partial charge in [0.25, 0.3) is 5.91 Å². The topological polar surface area (TPSA) is 46.3 Å². The summed E-state index contributed by atoms with van der Waals surface area (Å²) in [5.41, 5.74) is 6.64. The minimum absolute atomic E-state index is 0.0243. The van der Waals surface area contributed by atoms with Gasteiger partial charge in [0.1, 0.15) is 0 Å². The zero-order chi connectivity index (χ0) is 15.9. The van der Waals surface area contributed by atoms with Crippen LogP contribution in [-0.2, 0) is 0 Å². The van der Waals surface area contributed by atoms with Gasteiger partial charge < -0.3 is 10.6 Å². The second-order valence-corrected chi connectivity index (χ2v) is 8.31. The summed E-state index contributed by atoms with van der Waals surface area (Å²) < 4.78 is 0. The van der Waals surface area contributed by atoms with Crippen molar-refractivity contribution in [1.29, 1.82) is 0 Å². The van der Waals surface area contributed by atoms with Crippen molar-refractivity contribution >= 4 is 34.8 Å². The quantitative estimate of drug-likeness (QED) is 0.621. The maximum atomic E-state index is 12.9. The van der Waals surface area contributed by atoms with E-state index in [-0.39, 0.29) is 5.91 Å². The number of carbonyl (C=O) groups excluding carboxylic acids is 1. The molecular formula is C18H18Cl2N2O. The predicted octanol–water partition coefficient (Wildman–Crippen LogP) is 3.72. The van der Waals surface area contributed by atoms with E-state index in [2.05, 4.69) is 12.2 Å². The van der Waals surface area contributed by atoms with Gasteiger partial charge >= 0.3 is 0 Å². The molecule has 2 bridgehead atoms.